The molecule has 20 heavy (non-hydrogen) atoms. The lowest BCUT2D eigenvalue weighted by Gasteiger charge is -2.17. The summed E-state index contributed by atoms with van der Waals surface area (Å²) in [5.74, 6) is -0.420. The predicted octanol–water partition coefficient (Wildman–Crippen LogP) is 4.09. The number of benzene rings is 2. The molecule has 0 radical (unpaired) electrons. The van der Waals surface area contributed by atoms with Gasteiger partial charge in [-0.15, -0.1) is 0 Å². The first kappa shape index (κ1) is 14.7. The molecule has 0 atom stereocenters. The molecule has 2 nitrogen and oxygen atoms in total. The molecule has 2 aromatic carbocycles. The molecule has 0 aliphatic heterocycles. The number of halogens is 2. The maximum Gasteiger partial charge on any atom is 0.145 e. The van der Waals surface area contributed by atoms with Crippen LogP contribution < -0.4 is 0 Å². The van der Waals surface area contributed by atoms with Crippen molar-refractivity contribution in [1.82, 2.24) is 4.90 Å². The topological polar surface area (TPSA) is 27.0 Å². The number of nitrogens with zero attached hydrogens (tertiary/aromatic N) is 2. The number of rotatable bonds is 4. The predicted molar refractivity (Wildman–Crippen MR) is 80.4 cm³/mol. The Morgan fingerprint density at radius 1 is 1.20 bits per heavy atom. The van der Waals surface area contributed by atoms with Gasteiger partial charge < -0.3 is 0 Å². The number of hydrogen-bond acceptors (Lipinski definition) is 2. The third-order valence-electron chi connectivity index (χ3n) is 2.98. The van der Waals surface area contributed by atoms with Crippen molar-refractivity contribution < 1.29 is 4.39 Å². The molecule has 0 aromatic heterocycles. The normalized spacial score (nSPS) is 10.6. The van der Waals surface area contributed by atoms with Crippen LogP contribution in [0.3, 0.4) is 0 Å². The second-order valence-electron chi connectivity index (χ2n) is 4.69. The smallest absolute Gasteiger partial charge is 0.145 e. The van der Waals surface area contributed by atoms with Crippen molar-refractivity contribution in [3.63, 3.8) is 0 Å². The van der Waals surface area contributed by atoms with Gasteiger partial charge in [0, 0.05) is 23.1 Å². The van der Waals surface area contributed by atoms with Crippen molar-refractivity contribution in [2.75, 3.05) is 7.05 Å². The van der Waals surface area contributed by atoms with E-state index in [-0.39, 0.29) is 5.56 Å². The Kier molecular flexibility index (Phi) is 4.89. The van der Waals surface area contributed by atoms with Crippen molar-refractivity contribution in [2.24, 2.45) is 0 Å². The SMILES string of the molecule is CN(Cc1cccc(Br)c1)Cc1cccc(C#N)c1F. The summed E-state index contributed by atoms with van der Waals surface area (Å²) in [4.78, 5) is 2.02. The van der Waals surface area contributed by atoms with E-state index in [4.69, 9.17) is 5.26 Å². The first-order valence-electron chi connectivity index (χ1n) is 6.20. The minimum atomic E-state index is -0.420. The molecule has 102 valence electrons. The monoisotopic (exact) mass is 332 g/mol. The van der Waals surface area contributed by atoms with Gasteiger partial charge in [0.15, 0.2) is 0 Å². The molecule has 0 unspecified atom stereocenters. The van der Waals surface area contributed by atoms with Crippen LogP contribution in [-0.2, 0) is 13.1 Å². The Morgan fingerprint density at radius 2 is 1.95 bits per heavy atom. The summed E-state index contributed by atoms with van der Waals surface area (Å²) in [5, 5.41) is 8.83. The van der Waals surface area contributed by atoms with Crippen LogP contribution >= 0.6 is 15.9 Å². The fraction of sp³-hybridized carbons (Fsp3) is 0.188. The Hall–Kier alpha value is -1.70. The fourth-order valence-electron chi connectivity index (χ4n) is 2.08. The molecule has 0 amide bonds. The molecule has 2 rings (SSSR count). The molecular formula is C16H14BrFN2. The Balaban J connectivity index is 2.09. The highest BCUT2D eigenvalue weighted by atomic mass is 79.9. The van der Waals surface area contributed by atoms with Crippen molar-refractivity contribution in [1.29, 1.82) is 5.26 Å². The zero-order valence-electron chi connectivity index (χ0n) is 11.1. The Bertz CT molecular complexity index is 649. The molecule has 0 spiro atoms. The van der Waals surface area contributed by atoms with Gasteiger partial charge in [-0.05, 0) is 30.8 Å². The zero-order chi connectivity index (χ0) is 14.5. The summed E-state index contributed by atoms with van der Waals surface area (Å²) in [6, 6.07) is 14.8. The van der Waals surface area contributed by atoms with Crippen LogP contribution in [0.4, 0.5) is 4.39 Å². The second-order valence-corrected chi connectivity index (χ2v) is 5.61. The minimum Gasteiger partial charge on any atom is -0.298 e. The van der Waals surface area contributed by atoms with Crippen molar-refractivity contribution in [2.45, 2.75) is 13.1 Å². The van der Waals surface area contributed by atoms with Gasteiger partial charge in [0.2, 0.25) is 0 Å². The lowest BCUT2D eigenvalue weighted by atomic mass is 10.1. The highest BCUT2D eigenvalue weighted by molar-refractivity contribution is 9.10. The molecule has 0 fully saturated rings. The molecule has 0 heterocycles. The maximum absolute atomic E-state index is 14.0. The molecule has 4 heteroatoms. The largest absolute Gasteiger partial charge is 0.298 e. The fourth-order valence-corrected chi connectivity index (χ4v) is 2.53. The van der Waals surface area contributed by atoms with Crippen molar-refractivity contribution >= 4 is 15.9 Å². The van der Waals surface area contributed by atoms with E-state index < -0.39 is 5.82 Å². The van der Waals surface area contributed by atoms with E-state index >= 15 is 0 Å². The third-order valence-corrected chi connectivity index (χ3v) is 3.47. The van der Waals surface area contributed by atoms with Gasteiger partial charge in [0.1, 0.15) is 11.9 Å². The average Bonchev–Trinajstić information content (AvgIpc) is 2.41. The van der Waals surface area contributed by atoms with Gasteiger partial charge in [-0.1, -0.05) is 40.2 Å². The Labute approximate surface area is 126 Å². The lowest BCUT2D eigenvalue weighted by molar-refractivity contribution is 0.313. The van der Waals surface area contributed by atoms with Gasteiger partial charge in [0.25, 0.3) is 0 Å². The highest BCUT2D eigenvalue weighted by Gasteiger charge is 2.10. The summed E-state index contributed by atoms with van der Waals surface area (Å²) in [7, 11) is 1.93. The summed E-state index contributed by atoms with van der Waals surface area (Å²) in [6.07, 6.45) is 0. The summed E-state index contributed by atoms with van der Waals surface area (Å²) in [5.41, 5.74) is 1.79. The summed E-state index contributed by atoms with van der Waals surface area (Å²) in [6.45, 7) is 1.18. The quantitative estimate of drug-likeness (QED) is 0.843. The highest BCUT2D eigenvalue weighted by Crippen LogP contribution is 2.17. The van der Waals surface area contributed by atoms with Gasteiger partial charge in [-0.25, -0.2) is 4.39 Å². The van der Waals surface area contributed by atoms with Crippen molar-refractivity contribution in [3.05, 3.63) is 69.4 Å². The van der Waals surface area contributed by atoms with Crippen LogP contribution in [0.15, 0.2) is 46.9 Å². The van der Waals surface area contributed by atoms with E-state index in [1.54, 1.807) is 12.1 Å². The van der Waals surface area contributed by atoms with Gasteiger partial charge in [-0.2, -0.15) is 5.26 Å². The van der Waals surface area contributed by atoms with Crippen LogP contribution in [0.5, 0.6) is 0 Å². The van der Waals surface area contributed by atoms with E-state index in [0.29, 0.717) is 12.1 Å². The van der Waals surface area contributed by atoms with Crippen LogP contribution in [0, 0.1) is 17.1 Å². The second kappa shape index (κ2) is 6.65. The van der Waals surface area contributed by atoms with Crippen LogP contribution in [0.2, 0.25) is 0 Å². The molecule has 0 aliphatic carbocycles. The van der Waals surface area contributed by atoms with E-state index in [1.165, 1.54) is 6.07 Å². The Morgan fingerprint density at radius 3 is 2.65 bits per heavy atom. The van der Waals surface area contributed by atoms with Crippen LogP contribution in [-0.4, -0.2) is 11.9 Å². The standard InChI is InChI=1S/C16H14BrFN2/c1-20(10-12-4-2-7-15(17)8-12)11-14-6-3-5-13(9-19)16(14)18/h2-8H,10-11H2,1H3. The van der Waals surface area contributed by atoms with Crippen LogP contribution in [0.1, 0.15) is 16.7 Å². The molecule has 0 saturated heterocycles. The van der Waals surface area contributed by atoms with E-state index in [0.717, 1.165) is 16.6 Å². The molecular weight excluding hydrogens is 319 g/mol. The molecule has 0 aliphatic rings. The first-order chi connectivity index (χ1) is 9.60. The van der Waals surface area contributed by atoms with Gasteiger partial charge in [0.05, 0.1) is 5.56 Å². The average molecular weight is 333 g/mol. The van der Waals surface area contributed by atoms with Crippen LogP contribution in [0.25, 0.3) is 0 Å². The lowest BCUT2D eigenvalue weighted by Crippen LogP contribution is -2.18. The van der Waals surface area contributed by atoms with Crippen molar-refractivity contribution in [3.8, 4) is 6.07 Å². The first-order valence-corrected chi connectivity index (χ1v) is 7.00. The third kappa shape index (κ3) is 3.66. The minimum absolute atomic E-state index is 0.0957. The maximum atomic E-state index is 14.0. The molecule has 2 aromatic rings. The summed E-state index contributed by atoms with van der Waals surface area (Å²) >= 11 is 3.43. The molecule has 0 bridgehead atoms. The van der Waals surface area contributed by atoms with E-state index in [2.05, 4.69) is 15.9 Å². The molecule has 0 saturated carbocycles. The van der Waals surface area contributed by atoms with Gasteiger partial charge >= 0.3 is 0 Å². The van der Waals surface area contributed by atoms with E-state index in [1.807, 2.05) is 42.3 Å². The number of hydrogen-bond donors (Lipinski definition) is 0. The number of nitriles is 1. The van der Waals surface area contributed by atoms with E-state index in [9.17, 15) is 4.39 Å². The zero-order valence-corrected chi connectivity index (χ0v) is 12.7. The van der Waals surface area contributed by atoms with Gasteiger partial charge in [-0.3, -0.25) is 4.90 Å². The summed E-state index contributed by atoms with van der Waals surface area (Å²) < 4.78 is 15.0. The molecule has 0 N–H and O–H groups in total.